The molecule has 0 unspecified atom stereocenters. The van der Waals surface area contributed by atoms with Crippen LogP contribution in [0, 0.1) is 5.82 Å². The monoisotopic (exact) mass is 429 g/mol. The molecule has 0 atom stereocenters. The van der Waals surface area contributed by atoms with Gasteiger partial charge in [0, 0.05) is 11.4 Å². The molecular weight excluding hydrogens is 409 g/mol. The van der Waals surface area contributed by atoms with Gasteiger partial charge in [0.2, 0.25) is 5.91 Å². The zero-order valence-corrected chi connectivity index (χ0v) is 17.4. The van der Waals surface area contributed by atoms with Crippen LogP contribution < -0.4 is 10.9 Å². The highest BCUT2D eigenvalue weighted by molar-refractivity contribution is 7.99. The van der Waals surface area contributed by atoms with Crippen LogP contribution in [0.25, 0.3) is 10.2 Å². The summed E-state index contributed by atoms with van der Waals surface area (Å²) in [5.74, 6) is -0.822. The van der Waals surface area contributed by atoms with Gasteiger partial charge in [-0.15, -0.1) is 17.9 Å². The zero-order valence-electron chi connectivity index (χ0n) is 15.7. The molecule has 1 amide bonds. The van der Waals surface area contributed by atoms with Crippen molar-refractivity contribution in [3.05, 3.63) is 63.5 Å². The molecule has 0 aliphatic heterocycles. The van der Waals surface area contributed by atoms with E-state index in [1.54, 1.807) is 34.1 Å². The van der Waals surface area contributed by atoms with Gasteiger partial charge in [-0.3, -0.25) is 14.2 Å². The number of benzene rings is 1. The molecule has 150 valence electrons. The number of hydrogen-bond donors (Lipinski definition) is 1. The Hall–Kier alpha value is -2.45. The predicted octanol–water partition coefficient (Wildman–Crippen LogP) is 4.39. The number of halogens is 1. The third-order valence-corrected chi connectivity index (χ3v) is 6.99. The van der Waals surface area contributed by atoms with Crippen molar-refractivity contribution in [1.29, 1.82) is 0 Å². The molecule has 5 nitrogen and oxygen atoms in total. The average molecular weight is 430 g/mol. The fraction of sp³-hybridized carbons (Fsp3) is 0.286. The lowest BCUT2D eigenvalue weighted by atomic mass is 9.97. The number of thioether (sulfide) groups is 1. The van der Waals surface area contributed by atoms with E-state index in [1.807, 2.05) is 0 Å². The van der Waals surface area contributed by atoms with E-state index in [0.717, 1.165) is 36.1 Å². The first-order valence-electron chi connectivity index (χ1n) is 9.41. The van der Waals surface area contributed by atoms with Gasteiger partial charge in [0.25, 0.3) is 5.56 Å². The van der Waals surface area contributed by atoms with E-state index in [0.29, 0.717) is 17.1 Å². The van der Waals surface area contributed by atoms with Crippen molar-refractivity contribution in [2.75, 3.05) is 11.1 Å². The second kappa shape index (κ2) is 8.51. The van der Waals surface area contributed by atoms with Gasteiger partial charge < -0.3 is 5.32 Å². The lowest BCUT2D eigenvalue weighted by Gasteiger charge is -2.12. The molecule has 0 bridgehead atoms. The van der Waals surface area contributed by atoms with Gasteiger partial charge in [-0.05, 0) is 43.4 Å². The summed E-state index contributed by atoms with van der Waals surface area (Å²) >= 11 is 2.75. The summed E-state index contributed by atoms with van der Waals surface area (Å²) < 4.78 is 15.3. The van der Waals surface area contributed by atoms with Gasteiger partial charge in [0.05, 0.1) is 16.8 Å². The molecule has 0 saturated heterocycles. The van der Waals surface area contributed by atoms with Gasteiger partial charge in [0.15, 0.2) is 5.16 Å². The summed E-state index contributed by atoms with van der Waals surface area (Å²) in [4.78, 5) is 32.1. The molecule has 29 heavy (non-hydrogen) atoms. The van der Waals surface area contributed by atoms with Crippen LogP contribution in [0.4, 0.5) is 10.1 Å². The molecule has 3 aromatic rings. The minimum atomic E-state index is -0.488. The van der Waals surface area contributed by atoms with Gasteiger partial charge in [-0.25, -0.2) is 9.37 Å². The molecule has 8 heteroatoms. The first-order valence-corrected chi connectivity index (χ1v) is 11.2. The third-order valence-electron chi connectivity index (χ3n) is 4.83. The molecule has 1 aromatic carbocycles. The number of aryl methyl sites for hydroxylation is 2. The molecule has 1 aliphatic rings. The number of fused-ring (bicyclic) bond motifs is 3. The van der Waals surface area contributed by atoms with Gasteiger partial charge >= 0.3 is 0 Å². The zero-order chi connectivity index (χ0) is 20.4. The van der Waals surface area contributed by atoms with Crippen molar-refractivity contribution >= 4 is 44.9 Å². The van der Waals surface area contributed by atoms with E-state index < -0.39 is 5.82 Å². The van der Waals surface area contributed by atoms with Crippen LogP contribution in [-0.2, 0) is 24.2 Å². The van der Waals surface area contributed by atoms with E-state index in [2.05, 4.69) is 11.9 Å². The maximum Gasteiger partial charge on any atom is 0.263 e. The third kappa shape index (κ3) is 4.00. The first-order chi connectivity index (χ1) is 14.1. The Balaban J connectivity index is 1.62. The minimum absolute atomic E-state index is 0.0223. The maximum atomic E-state index is 13.7. The van der Waals surface area contributed by atoms with Crippen molar-refractivity contribution in [2.45, 2.75) is 37.4 Å². The fourth-order valence-electron chi connectivity index (χ4n) is 3.50. The summed E-state index contributed by atoms with van der Waals surface area (Å²) in [6.07, 6.45) is 5.78. The number of para-hydroxylation sites is 1. The van der Waals surface area contributed by atoms with E-state index in [-0.39, 0.29) is 22.9 Å². The maximum absolute atomic E-state index is 13.7. The quantitative estimate of drug-likeness (QED) is 0.359. The number of carbonyl (C=O) groups excluding carboxylic acids is 1. The number of rotatable bonds is 6. The second-order valence-corrected chi connectivity index (χ2v) is 8.83. The Morgan fingerprint density at radius 1 is 1.34 bits per heavy atom. The van der Waals surface area contributed by atoms with Gasteiger partial charge in [-0.2, -0.15) is 0 Å². The lowest BCUT2D eigenvalue weighted by Crippen LogP contribution is -2.24. The number of aromatic nitrogens is 2. The fourth-order valence-corrected chi connectivity index (χ4v) is 5.61. The van der Waals surface area contributed by atoms with E-state index in [4.69, 9.17) is 4.98 Å². The van der Waals surface area contributed by atoms with Crippen molar-refractivity contribution in [2.24, 2.45) is 0 Å². The van der Waals surface area contributed by atoms with Gasteiger partial charge in [0.1, 0.15) is 10.6 Å². The average Bonchev–Trinajstić information content (AvgIpc) is 3.09. The van der Waals surface area contributed by atoms with Crippen LogP contribution in [0.3, 0.4) is 0 Å². The lowest BCUT2D eigenvalue weighted by molar-refractivity contribution is -0.113. The van der Waals surface area contributed by atoms with Crippen molar-refractivity contribution in [1.82, 2.24) is 9.55 Å². The molecule has 2 heterocycles. The number of nitrogens with zero attached hydrogens (tertiary/aromatic N) is 2. The Labute approximate surface area is 175 Å². The number of amides is 1. The molecule has 0 spiro atoms. The largest absolute Gasteiger partial charge is 0.323 e. The highest BCUT2D eigenvalue weighted by atomic mass is 32.2. The van der Waals surface area contributed by atoms with Crippen LogP contribution in [-0.4, -0.2) is 21.2 Å². The van der Waals surface area contributed by atoms with E-state index >= 15 is 0 Å². The topological polar surface area (TPSA) is 64.0 Å². The van der Waals surface area contributed by atoms with Crippen LogP contribution in [0.15, 0.2) is 46.9 Å². The minimum Gasteiger partial charge on any atom is -0.323 e. The molecule has 2 aromatic heterocycles. The Kier molecular flexibility index (Phi) is 5.82. The molecule has 0 radical (unpaired) electrons. The standard InChI is InChI=1S/C21H20FN3O2S2/c1-2-11-25-20(27)18-13-7-3-6-10-16(13)29-19(18)24-21(25)28-12-17(26)23-15-9-5-4-8-14(15)22/h2,4-5,8-9H,1,3,6-7,10-12H2,(H,23,26). The number of allylic oxidation sites excluding steroid dienone is 1. The van der Waals surface area contributed by atoms with Crippen molar-refractivity contribution in [3.8, 4) is 0 Å². The summed E-state index contributed by atoms with van der Waals surface area (Å²) in [5, 5.41) is 3.75. The number of carbonyl (C=O) groups is 1. The predicted molar refractivity (Wildman–Crippen MR) is 116 cm³/mol. The van der Waals surface area contributed by atoms with Crippen molar-refractivity contribution < 1.29 is 9.18 Å². The first kappa shape index (κ1) is 19.8. The van der Waals surface area contributed by atoms with Crippen LogP contribution in [0.5, 0.6) is 0 Å². The second-order valence-electron chi connectivity index (χ2n) is 6.81. The van der Waals surface area contributed by atoms with Crippen molar-refractivity contribution in [3.63, 3.8) is 0 Å². The number of hydrogen-bond acceptors (Lipinski definition) is 5. The van der Waals surface area contributed by atoms with Crippen LogP contribution >= 0.6 is 23.1 Å². The molecule has 1 N–H and O–H groups in total. The summed E-state index contributed by atoms with van der Waals surface area (Å²) in [5.41, 5.74) is 1.20. The molecule has 1 aliphatic carbocycles. The Bertz CT molecular complexity index is 1150. The van der Waals surface area contributed by atoms with Gasteiger partial charge in [-0.1, -0.05) is 30.0 Å². The molecule has 0 saturated carbocycles. The number of thiophene rings is 1. The molecular formula is C21H20FN3O2S2. The normalized spacial score (nSPS) is 13.3. The highest BCUT2D eigenvalue weighted by Gasteiger charge is 2.22. The van der Waals surface area contributed by atoms with E-state index in [1.165, 1.54) is 28.8 Å². The van der Waals surface area contributed by atoms with Crippen LogP contribution in [0.2, 0.25) is 0 Å². The number of nitrogens with one attached hydrogen (secondary N) is 1. The molecule has 0 fully saturated rings. The SMILES string of the molecule is C=CCn1c(SCC(=O)Nc2ccccc2F)nc2sc3c(c2c1=O)CCCC3. The number of anilines is 1. The highest BCUT2D eigenvalue weighted by Crippen LogP contribution is 2.34. The Morgan fingerprint density at radius 2 is 2.14 bits per heavy atom. The smallest absolute Gasteiger partial charge is 0.263 e. The molecule has 4 rings (SSSR count). The van der Waals surface area contributed by atoms with E-state index in [9.17, 15) is 14.0 Å². The van der Waals surface area contributed by atoms with Crippen LogP contribution in [0.1, 0.15) is 23.3 Å². The summed E-state index contributed by atoms with van der Waals surface area (Å²) in [6.45, 7) is 4.06. The summed E-state index contributed by atoms with van der Waals surface area (Å²) in [6, 6.07) is 6.01. The summed E-state index contributed by atoms with van der Waals surface area (Å²) in [7, 11) is 0. The Morgan fingerprint density at radius 3 is 2.93 bits per heavy atom.